The quantitative estimate of drug-likeness (QED) is 0.399. The SMILES string of the molecule is O=C(/C=C/c1ccc(S(=O)(=O)NCc2ccco2)cc1)NNC(=O)c1ccco1. The van der Waals surface area contributed by atoms with E-state index in [9.17, 15) is 18.0 Å². The molecule has 0 aliphatic rings. The Morgan fingerprint density at radius 1 is 0.931 bits per heavy atom. The van der Waals surface area contributed by atoms with E-state index in [1.807, 2.05) is 0 Å². The van der Waals surface area contributed by atoms with Crippen molar-refractivity contribution in [3.8, 4) is 0 Å². The highest BCUT2D eigenvalue weighted by molar-refractivity contribution is 7.89. The molecule has 3 aromatic rings. The molecule has 0 aliphatic carbocycles. The number of sulfonamides is 1. The average Bonchev–Trinajstić information content (AvgIpc) is 3.43. The lowest BCUT2D eigenvalue weighted by Gasteiger charge is -2.06. The molecule has 0 saturated carbocycles. The summed E-state index contributed by atoms with van der Waals surface area (Å²) in [6.45, 7) is 0.0425. The highest BCUT2D eigenvalue weighted by Crippen LogP contribution is 2.12. The first-order valence-corrected chi connectivity index (χ1v) is 9.86. The van der Waals surface area contributed by atoms with E-state index in [2.05, 4.69) is 15.6 Å². The molecule has 0 radical (unpaired) electrons. The minimum atomic E-state index is -3.69. The number of carbonyl (C=O) groups is 2. The lowest BCUT2D eigenvalue weighted by atomic mass is 10.2. The summed E-state index contributed by atoms with van der Waals surface area (Å²) < 4.78 is 37.0. The van der Waals surface area contributed by atoms with Gasteiger partial charge in [0.2, 0.25) is 10.0 Å². The maximum Gasteiger partial charge on any atom is 0.305 e. The van der Waals surface area contributed by atoms with Crippen LogP contribution in [0.1, 0.15) is 21.9 Å². The van der Waals surface area contributed by atoms with E-state index in [0.717, 1.165) is 0 Å². The normalized spacial score (nSPS) is 11.4. The first kappa shape index (κ1) is 20.1. The molecule has 2 amide bonds. The van der Waals surface area contributed by atoms with Crippen molar-refractivity contribution >= 4 is 27.9 Å². The molecule has 9 nitrogen and oxygen atoms in total. The van der Waals surface area contributed by atoms with Gasteiger partial charge in [0.1, 0.15) is 5.76 Å². The van der Waals surface area contributed by atoms with E-state index < -0.39 is 21.8 Å². The molecule has 2 aromatic heterocycles. The Morgan fingerprint density at radius 2 is 1.66 bits per heavy atom. The minimum Gasteiger partial charge on any atom is -0.468 e. The van der Waals surface area contributed by atoms with Gasteiger partial charge < -0.3 is 8.83 Å². The monoisotopic (exact) mass is 415 g/mol. The molecule has 0 unspecified atom stereocenters. The number of furan rings is 2. The van der Waals surface area contributed by atoms with Crippen LogP contribution in [0.5, 0.6) is 0 Å². The van der Waals surface area contributed by atoms with Crippen LogP contribution in [0.25, 0.3) is 6.08 Å². The van der Waals surface area contributed by atoms with Crippen molar-refractivity contribution in [2.24, 2.45) is 0 Å². The highest BCUT2D eigenvalue weighted by atomic mass is 32.2. The summed E-state index contributed by atoms with van der Waals surface area (Å²) in [7, 11) is -3.69. The molecule has 150 valence electrons. The van der Waals surface area contributed by atoms with Gasteiger partial charge in [-0.1, -0.05) is 12.1 Å². The number of benzene rings is 1. The Balaban J connectivity index is 1.52. The molecule has 0 spiro atoms. The van der Waals surface area contributed by atoms with E-state index in [1.165, 1.54) is 42.9 Å². The molecular formula is C19H17N3O6S. The summed E-state index contributed by atoms with van der Waals surface area (Å²) in [5.74, 6) is -0.597. The van der Waals surface area contributed by atoms with Crippen LogP contribution in [0.3, 0.4) is 0 Å². The van der Waals surface area contributed by atoms with Crippen LogP contribution >= 0.6 is 0 Å². The van der Waals surface area contributed by atoms with Crippen molar-refractivity contribution in [1.82, 2.24) is 15.6 Å². The lowest BCUT2D eigenvalue weighted by Crippen LogP contribution is -2.40. The van der Waals surface area contributed by atoms with Gasteiger partial charge in [0.25, 0.3) is 5.91 Å². The summed E-state index contributed by atoms with van der Waals surface area (Å²) >= 11 is 0. The van der Waals surface area contributed by atoms with Gasteiger partial charge in [-0.15, -0.1) is 0 Å². The van der Waals surface area contributed by atoms with Crippen LogP contribution in [0, 0.1) is 0 Å². The van der Waals surface area contributed by atoms with Crippen LogP contribution in [0.15, 0.2) is 80.9 Å². The van der Waals surface area contributed by atoms with Crippen molar-refractivity contribution in [2.75, 3.05) is 0 Å². The van der Waals surface area contributed by atoms with E-state index in [4.69, 9.17) is 8.83 Å². The number of hydrogen-bond acceptors (Lipinski definition) is 6. The zero-order valence-corrected chi connectivity index (χ0v) is 15.8. The number of amides is 2. The van der Waals surface area contributed by atoms with Crippen LogP contribution < -0.4 is 15.6 Å². The zero-order chi connectivity index (χ0) is 20.7. The van der Waals surface area contributed by atoms with E-state index in [-0.39, 0.29) is 17.2 Å². The maximum atomic E-state index is 12.3. The molecule has 3 N–H and O–H groups in total. The first-order chi connectivity index (χ1) is 13.9. The minimum absolute atomic E-state index is 0.0425. The molecule has 0 fully saturated rings. The van der Waals surface area contributed by atoms with Gasteiger partial charge >= 0.3 is 5.91 Å². The summed E-state index contributed by atoms with van der Waals surface area (Å²) in [6.07, 6.45) is 5.47. The van der Waals surface area contributed by atoms with E-state index in [0.29, 0.717) is 11.3 Å². The van der Waals surface area contributed by atoms with Gasteiger partial charge in [-0.2, -0.15) is 0 Å². The molecule has 0 atom stereocenters. The maximum absolute atomic E-state index is 12.3. The highest BCUT2D eigenvalue weighted by Gasteiger charge is 2.14. The average molecular weight is 415 g/mol. The summed E-state index contributed by atoms with van der Waals surface area (Å²) in [5, 5.41) is 0. The predicted molar refractivity (Wildman–Crippen MR) is 103 cm³/mol. The predicted octanol–water partition coefficient (Wildman–Crippen LogP) is 1.83. The molecule has 2 heterocycles. The fourth-order valence-electron chi connectivity index (χ4n) is 2.22. The van der Waals surface area contributed by atoms with Gasteiger partial charge in [0.05, 0.1) is 24.0 Å². The second kappa shape index (κ2) is 9.04. The Labute approximate surface area is 166 Å². The molecular weight excluding hydrogens is 398 g/mol. The molecule has 0 saturated heterocycles. The van der Waals surface area contributed by atoms with Crippen molar-refractivity contribution in [1.29, 1.82) is 0 Å². The first-order valence-electron chi connectivity index (χ1n) is 8.38. The second-order valence-corrected chi connectivity index (χ2v) is 7.49. The fourth-order valence-corrected chi connectivity index (χ4v) is 3.22. The van der Waals surface area contributed by atoms with Crippen molar-refractivity contribution in [2.45, 2.75) is 11.4 Å². The number of rotatable bonds is 7. The van der Waals surface area contributed by atoms with Gasteiger partial charge in [-0.05, 0) is 48.0 Å². The van der Waals surface area contributed by atoms with Gasteiger partial charge in [0, 0.05) is 6.08 Å². The topological polar surface area (TPSA) is 131 Å². The zero-order valence-electron chi connectivity index (χ0n) is 15.0. The smallest absolute Gasteiger partial charge is 0.305 e. The summed E-state index contributed by atoms with van der Waals surface area (Å²) in [5.41, 5.74) is 5.00. The third-order valence-corrected chi connectivity index (χ3v) is 5.10. The number of hydrogen-bond donors (Lipinski definition) is 3. The van der Waals surface area contributed by atoms with Gasteiger partial charge in [-0.25, -0.2) is 13.1 Å². The number of nitrogens with one attached hydrogen (secondary N) is 3. The Bertz CT molecular complexity index is 1090. The summed E-state index contributed by atoms with van der Waals surface area (Å²) in [6, 6.07) is 12.3. The van der Waals surface area contributed by atoms with Crippen molar-refractivity contribution in [3.05, 3.63) is 84.2 Å². The van der Waals surface area contributed by atoms with Crippen molar-refractivity contribution in [3.63, 3.8) is 0 Å². The molecule has 0 aliphatic heterocycles. The summed E-state index contributed by atoms with van der Waals surface area (Å²) in [4.78, 5) is 23.5. The third-order valence-electron chi connectivity index (χ3n) is 3.68. The lowest BCUT2D eigenvalue weighted by molar-refractivity contribution is -0.117. The van der Waals surface area contributed by atoms with Crippen LogP contribution in [-0.2, 0) is 21.4 Å². The van der Waals surface area contributed by atoms with Crippen LogP contribution in [0.2, 0.25) is 0 Å². The number of hydrazine groups is 1. The van der Waals surface area contributed by atoms with Gasteiger partial charge in [-0.3, -0.25) is 20.4 Å². The van der Waals surface area contributed by atoms with Gasteiger partial charge in [0.15, 0.2) is 5.76 Å². The fraction of sp³-hybridized carbons (Fsp3) is 0.0526. The molecule has 1 aromatic carbocycles. The molecule has 29 heavy (non-hydrogen) atoms. The van der Waals surface area contributed by atoms with E-state index in [1.54, 1.807) is 30.3 Å². The molecule has 10 heteroatoms. The van der Waals surface area contributed by atoms with Crippen molar-refractivity contribution < 1.29 is 26.8 Å². The number of carbonyl (C=O) groups excluding carboxylic acids is 2. The van der Waals surface area contributed by atoms with Crippen LogP contribution in [0.4, 0.5) is 0 Å². The third kappa shape index (κ3) is 5.67. The van der Waals surface area contributed by atoms with Crippen LogP contribution in [-0.4, -0.2) is 20.2 Å². The molecule has 3 rings (SSSR count). The Kier molecular flexibility index (Phi) is 6.27. The Morgan fingerprint density at radius 3 is 2.31 bits per heavy atom. The Hall–Kier alpha value is -3.63. The standard InChI is InChI=1S/C19H17N3O6S/c23-18(21-22-19(24)17-4-2-12-28-17)10-7-14-5-8-16(9-6-14)29(25,26)20-13-15-3-1-11-27-15/h1-12,20H,13H2,(H,21,23)(H,22,24)/b10-7+. The molecule has 0 bridgehead atoms. The largest absolute Gasteiger partial charge is 0.468 e. The second-order valence-electron chi connectivity index (χ2n) is 5.73. The van der Waals surface area contributed by atoms with E-state index >= 15 is 0 Å².